The minimum absolute atomic E-state index is 0.0733. The number of nitrogens with zero attached hydrogens (tertiary/aromatic N) is 5. The van der Waals surface area contributed by atoms with Crippen LogP contribution in [-0.2, 0) is 14.3 Å². The molecule has 6 rings (SSSR count). The van der Waals surface area contributed by atoms with Crippen LogP contribution in [0.15, 0.2) is 41.9 Å². The third-order valence-electron chi connectivity index (χ3n) is 10.0. The van der Waals surface area contributed by atoms with Crippen LogP contribution < -0.4 is 9.64 Å². The third-order valence-corrected chi connectivity index (χ3v) is 10.3. The van der Waals surface area contributed by atoms with Crippen molar-refractivity contribution in [2.24, 2.45) is 4.99 Å². The molecule has 3 fully saturated rings. The van der Waals surface area contributed by atoms with Crippen molar-refractivity contribution in [2.75, 3.05) is 51.3 Å². The van der Waals surface area contributed by atoms with Crippen molar-refractivity contribution >= 4 is 35.4 Å². The van der Waals surface area contributed by atoms with E-state index in [1.807, 2.05) is 13.8 Å². The summed E-state index contributed by atoms with van der Waals surface area (Å²) in [6, 6.07) is 5.61. The fourth-order valence-corrected chi connectivity index (χ4v) is 8.02. The zero-order valence-corrected chi connectivity index (χ0v) is 27.9. The van der Waals surface area contributed by atoms with E-state index in [1.165, 1.54) is 18.2 Å². The number of halogens is 3. The molecule has 0 aromatic heterocycles. The molecule has 2 aromatic carbocycles. The Morgan fingerprint density at radius 3 is 2.45 bits per heavy atom. The fraction of sp³-hybridized carbons (Fsp3) is 0.514. The predicted octanol–water partition coefficient (Wildman–Crippen LogP) is 5.14. The first-order valence-corrected chi connectivity index (χ1v) is 16.7. The van der Waals surface area contributed by atoms with Crippen molar-refractivity contribution in [2.45, 2.75) is 69.8 Å². The predicted molar refractivity (Wildman–Crippen MR) is 178 cm³/mol. The van der Waals surface area contributed by atoms with Crippen LogP contribution in [0.5, 0.6) is 5.75 Å². The molecule has 2 unspecified atom stereocenters. The van der Waals surface area contributed by atoms with Crippen molar-refractivity contribution < 1.29 is 27.8 Å². The van der Waals surface area contributed by atoms with Gasteiger partial charge in [0.05, 0.1) is 30.5 Å². The Morgan fingerprint density at radius 1 is 1.09 bits per heavy atom. The van der Waals surface area contributed by atoms with Crippen LogP contribution in [-0.4, -0.2) is 110 Å². The van der Waals surface area contributed by atoms with E-state index in [2.05, 4.69) is 21.4 Å². The molecule has 2 bridgehead atoms. The lowest BCUT2D eigenvalue weighted by Gasteiger charge is -2.46. The molecule has 4 aliphatic rings. The average Bonchev–Trinajstić information content (AvgIpc) is 3.26. The molecule has 0 radical (unpaired) electrons. The lowest BCUT2D eigenvalue weighted by molar-refractivity contribution is -0.130. The van der Waals surface area contributed by atoms with Gasteiger partial charge in [-0.3, -0.25) is 19.5 Å². The van der Waals surface area contributed by atoms with Gasteiger partial charge in [-0.15, -0.1) is 0 Å². The topological polar surface area (TPSA) is 77.9 Å². The number of hydrogen-bond acceptors (Lipinski definition) is 6. The minimum Gasteiger partial charge on any atom is -0.486 e. The Hall–Kier alpha value is -3.54. The zero-order valence-electron chi connectivity index (χ0n) is 27.1. The van der Waals surface area contributed by atoms with Crippen molar-refractivity contribution in [3.8, 4) is 16.9 Å². The zero-order chi connectivity index (χ0) is 33.4. The van der Waals surface area contributed by atoms with Gasteiger partial charge >= 0.3 is 0 Å². The molecule has 47 heavy (non-hydrogen) atoms. The highest BCUT2D eigenvalue weighted by molar-refractivity contribution is 6.35. The molecule has 2 amide bonds. The molecule has 12 heteroatoms. The van der Waals surface area contributed by atoms with E-state index >= 15 is 4.39 Å². The number of morpholine rings is 1. The van der Waals surface area contributed by atoms with E-state index < -0.39 is 11.6 Å². The molecule has 0 saturated carbocycles. The van der Waals surface area contributed by atoms with Gasteiger partial charge in [-0.2, -0.15) is 0 Å². The van der Waals surface area contributed by atoms with Gasteiger partial charge in [-0.05, 0) is 70.4 Å². The smallest absolute Gasteiger partial charge is 0.246 e. The summed E-state index contributed by atoms with van der Waals surface area (Å²) >= 11 is 6.98. The highest BCUT2D eigenvalue weighted by atomic mass is 35.5. The number of ether oxygens (including phenoxy) is 2. The van der Waals surface area contributed by atoms with Crippen LogP contribution in [0.3, 0.4) is 0 Å². The largest absolute Gasteiger partial charge is 0.486 e. The molecule has 2 aromatic rings. The SMILES string of the molecule is C=CC(=O)N1C[C@H](C)N(C(=NC)c2cc(Cl)c(-c3ccc(F)cc3F)c3c2N(C=O)C[C@@H](CCCN2C4CCC2COC4)O3)C[C@H]1C. The number of piperazine rings is 1. The number of carbonyl (C=O) groups excluding carboxylic acids is 2. The van der Waals surface area contributed by atoms with E-state index in [4.69, 9.17) is 21.1 Å². The summed E-state index contributed by atoms with van der Waals surface area (Å²) < 4.78 is 41.8. The van der Waals surface area contributed by atoms with Crippen LogP contribution >= 0.6 is 11.6 Å². The first-order chi connectivity index (χ1) is 22.6. The third kappa shape index (κ3) is 6.37. The van der Waals surface area contributed by atoms with Crippen LogP contribution in [0.4, 0.5) is 14.5 Å². The van der Waals surface area contributed by atoms with Crippen molar-refractivity contribution in [3.05, 3.63) is 59.1 Å². The van der Waals surface area contributed by atoms with Gasteiger partial charge in [0, 0.05) is 67.1 Å². The molecular formula is C35H42ClF2N5O4. The van der Waals surface area contributed by atoms with Gasteiger partial charge in [0.2, 0.25) is 12.3 Å². The lowest BCUT2D eigenvalue weighted by Crippen LogP contribution is -2.59. The van der Waals surface area contributed by atoms with Crippen LogP contribution in [0.25, 0.3) is 11.1 Å². The van der Waals surface area contributed by atoms with E-state index in [0.29, 0.717) is 48.7 Å². The van der Waals surface area contributed by atoms with Gasteiger partial charge in [0.1, 0.15) is 23.6 Å². The first kappa shape index (κ1) is 33.4. The maximum Gasteiger partial charge on any atom is 0.246 e. The Balaban J connectivity index is 1.37. The summed E-state index contributed by atoms with van der Waals surface area (Å²) in [5.74, 6) is -0.817. The molecule has 3 saturated heterocycles. The number of rotatable bonds is 8. The Labute approximate surface area is 279 Å². The number of fused-ring (bicyclic) bond motifs is 3. The number of benzene rings is 2. The van der Waals surface area contributed by atoms with Crippen LogP contribution in [0, 0.1) is 11.6 Å². The first-order valence-electron chi connectivity index (χ1n) is 16.4. The van der Waals surface area contributed by atoms with Crippen LogP contribution in [0.2, 0.25) is 5.02 Å². The molecule has 4 aliphatic heterocycles. The number of carbonyl (C=O) groups is 2. The highest BCUT2D eigenvalue weighted by Crippen LogP contribution is 2.49. The summed E-state index contributed by atoms with van der Waals surface area (Å²) in [5, 5.41) is 0.183. The van der Waals surface area contributed by atoms with E-state index in [-0.39, 0.29) is 52.5 Å². The van der Waals surface area contributed by atoms with Crippen molar-refractivity contribution in [3.63, 3.8) is 0 Å². The summed E-state index contributed by atoms with van der Waals surface area (Å²) in [5.41, 5.74) is 1.31. The van der Waals surface area contributed by atoms with E-state index in [0.717, 1.165) is 51.5 Å². The highest BCUT2D eigenvalue weighted by Gasteiger charge is 2.40. The number of amides is 2. The van der Waals surface area contributed by atoms with Crippen molar-refractivity contribution in [1.29, 1.82) is 0 Å². The van der Waals surface area contributed by atoms with E-state index in [9.17, 15) is 14.0 Å². The second-order valence-corrected chi connectivity index (χ2v) is 13.4. The van der Waals surface area contributed by atoms with Gasteiger partial charge in [0.15, 0.2) is 5.75 Å². The Bertz CT molecular complexity index is 1560. The maximum absolute atomic E-state index is 15.4. The molecule has 0 spiro atoms. The van der Waals surface area contributed by atoms with E-state index in [1.54, 1.807) is 22.9 Å². The van der Waals surface area contributed by atoms with Gasteiger partial charge in [-0.1, -0.05) is 18.2 Å². The summed E-state index contributed by atoms with van der Waals surface area (Å²) in [6.07, 6.45) is 5.49. The van der Waals surface area contributed by atoms with Gasteiger partial charge in [-0.25, -0.2) is 8.78 Å². The standard InChI is InChI=1S/C35H42ClF2N5O4/c1-5-31(45)42-15-22(3)43(16-21(42)2)35(39-4)28-14-29(36)32(27-11-8-23(37)13-30(27)38)34-33(28)40(20-44)17-26(47-34)7-6-12-41-24-9-10-25(41)19-46-18-24/h5,8,11,13-14,20-22,24-26H,1,6-7,9-10,12,15-19H2,2-4H3/t21-,22+,24?,25?,26-/m1/s1. The molecule has 4 heterocycles. The maximum atomic E-state index is 15.4. The Morgan fingerprint density at radius 2 is 1.79 bits per heavy atom. The van der Waals surface area contributed by atoms with Gasteiger partial charge in [0.25, 0.3) is 0 Å². The Kier molecular flexibility index (Phi) is 9.87. The fourth-order valence-electron chi connectivity index (χ4n) is 7.72. The molecule has 0 N–H and O–H groups in total. The second-order valence-electron chi connectivity index (χ2n) is 13.0. The molecule has 252 valence electrons. The molecular weight excluding hydrogens is 628 g/mol. The summed E-state index contributed by atoms with van der Waals surface area (Å²) in [4.78, 5) is 38.0. The van der Waals surface area contributed by atoms with Crippen molar-refractivity contribution in [1.82, 2.24) is 14.7 Å². The van der Waals surface area contributed by atoms with Gasteiger partial charge < -0.3 is 24.2 Å². The number of hydrogen-bond donors (Lipinski definition) is 0. The van der Waals surface area contributed by atoms with Crippen LogP contribution in [0.1, 0.15) is 45.1 Å². The number of amidine groups is 1. The number of aliphatic imine (C=N–C) groups is 1. The average molecular weight is 670 g/mol. The normalized spacial score (nSPS) is 26.2. The minimum atomic E-state index is -0.789. The molecule has 9 nitrogen and oxygen atoms in total. The summed E-state index contributed by atoms with van der Waals surface area (Å²) in [7, 11) is 1.67. The second kappa shape index (κ2) is 13.9. The molecule has 0 aliphatic carbocycles. The quantitative estimate of drug-likeness (QED) is 0.168. The monoisotopic (exact) mass is 669 g/mol. The molecule has 5 atom stereocenters. The summed E-state index contributed by atoms with van der Waals surface area (Å²) in [6.45, 7) is 11.2. The lowest BCUT2D eigenvalue weighted by atomic mass is 9.95. The number of anilines is 1.